The molecule has 0 bridgehead atoms. The van der Waals surface area contributed by atoms with Crippen molar-refractivity contribution in [3.63, 3.8) is 0 Å². The third-order valence-corrected chi connectivity index (χ3v) is 4.75. The highest BCUT2D eigenvalue weighted by Gasteiger charge is 2.34. The lowest BCUT2D eigenvalue weighted by molar-refractivity contribution is -0.129. The summed E-state index contributed by atoms with van der Waals surface area (Å²) in [6.45, 7) is -0.279. The maximum Gasteiger partial charge on any atom is 0.327 e. The Balaban J connectivity index is 1.69. The Hall–Kier alpha value is -2.80. The fraction of sp³-hybridized carbons (Fsp3) is 0.167. The molecular formula is C18H17N3O3S. The van der Waals surface area contributed by atoms with Gasteiger partial charge in [-0.1, -0.05) is 42.1 Å². The van der Waals surface area contributed by atoms with E-state index in [-0.39, 0.29) is 19.0 Å². The first-order valence-corrected chi connectivity index (χ1v) is 8.53. The molecule has 0 radical (unpaired) electrons. The summed E-state index contributed by atoms with van der Waals surface area (Å²) in [6, 6.07) is 16.8. The minimum atomic E-state index is -0.452. The summed E-state index contributed by atoms with van der Waals surface area (Å²) in [5.74, 6) is -0.771. The van der Waals surface area contributed by atoms with Gasteiger partial charge in [0.25, 0.3) is 5.91 Å². The maximum atomic E-state index is 12.3. The summed E-state index contributed by atoms with van der Waals surface area (Å²) in [7, 11) is 1.53. The summed E-state index contributed by atoms with van der Waals surface area (Å²) >= 11 is 1.53. The van der Waals surface area contributed by atoms with Crippen molar-refractivity contribution in [1.82, 2.24) is 9.80 Å². The third kappa shape index (κ3) is 4.00. The number of rotatable bonds is 5. The average molecular weight is 355 g/mol. The van der Waals surface area contributed by atoms with Gasteiger partial charge in [-0.25, -0.2) is 4.79 Å². The van der Waals surface area contributed by atoms with Gasteiger partial charge in [-0.2, -0.15) is 0 Å². The van der Waals surface area contributed by atoms with E-state index >= 15 is 0 Å². The van der Waals surface area contributed by atoms with Gasteiger partial charge in [0.2, 0.25) is 5.91 Å². The number of likely N-dealkylation sites (N-methyl/N-ethyl adjacent to an activating group) is 1. The molecule has 0 unspecified atom stereocenters. The van der Waals surface area contributed by atoms with E-state index in [1.54, 1.807) is 6.07 Å². The lowest BCUT2D eigenvalue weighted by Gasteiger charge is -2.15. The van der Waals surface area contributed by atoms with Crippen LogP contribution in [0.1, 0.15) is 0 Å². The molecule has 0 aromatic heterocycles. The molecule has 1 fully saturated rings. The molecule has 3 rings (SSSR count). The minimum Gasteiger partial charge on any atom is -0.323 e. The minimum absolute atomic E-state index is 0.00651. The van der Waals surface area contributed by atoms with Crippen molar-refractivity contribution < 1.29 is 14.4 Å². The molecule has 1 saturated heterocycles. The maximum absolute atomic E-state index is 12.3. The van der Waals surface area contributed by atoms with Crippen LogP contribution in [0.2, 0.25) is 0 Å². The van der Waals surface area contributed by atoms with Crippen molar-refractivity contribution in [1.29, 1.82) is 0 Å². The largest absolute Gasteiger partial charge is 0.327 e. The molecule has 0 saturated carbocycles. The van der Waals surface area contributed by atoms with Crippen LogP contribution in [0.4, 0.5) is 10.5 Å². The Morgan fingerprint density at radius 2 is 1.76 bits per heavy atom. The highest BCUT2D eigenvalue weighted by atomic mass is 32.2. The van der Waals surface area contributed by atoms with Gasteiger partial charge in [0, 0.05) is 16.8 Å². The zero-order valence-electron chi connectivity index (χ0n) is 13.6. The summed E-state index contributed by atoms with van der Waals surface area (Å²) in [4.78, 5) is 40.1. The van der Waals surface area contributed by atoms with E-state index in [2.05, 4.69) is 5.32 Å². The Bertz CT molecular complexity index is 810. The number of nitrogens with one attached hydrogen (secondary N) is 1. The first kappa shape index (κ1) is 17.0. The molecular weight excluding hydrogens is 338 g/mol. The molecule has 1 N–H and O–H groups in total. The van der Waals surface area contributed by atoms with Crippen molar-refractivity contribution in [2.45, 2.75) is 9.79 Å². The van der Waals surface area contributed by atoms with Crippen LogP contribution in [0.15, 0.2) is 64.4 Å². The smallest absolute Gasteiger partial charge is 0.323 e. The molecule has 1 heterocycles. The van der Waals surface area contributed by atoms with E-state index in [0.29, 0.717) is 5.69 Å². The van der Waals surface area contributed by atoms with Crippen LogP contribution in [0, 0.1) is 0 Å². The molecule has 4 amide bonds. The number of hydrogen-bond acceptors (Lipinski definition) is 4. The quantitative estimate of drug-likeness (QED) is 0.837. The highest BCUT2D eigenvalue weighted by molar-refractivity contribution is 7.99. The standard InChI is InChI=1S/C18H17N3O3S/c1-20-12-17(23)21(18(20)24)11-16(22)19-14-9-5-6-10-15(14)25-13-7-3-2-4-8-13/h2-10H,11-12H2,1H3,(H,19,22). The molecule has 0 atom stereocenters. The third-order valence-electron chi connectivity index (χ3n) is 3.66. The number of anilines is 1. The predicted octanol–water partition coefficient (Wildman–Crippen LogP) is 2.67. The van der Waals surface area contributed by atoms with Crippen molar-refractivity contribution in [2.24, 2.45) is 0 Å². The van der Waals surface area contributed by atoms with Crippen LogP contribution in [-0.4, -0.2) is 47.8 Å². The first-order valence-electron chi connectivity index (χ1n) is 7.72. The summed E-state index contributed by atoms with van der Waals surface area (Å²) < 4.78 is 0. The number of carbonyl (C=O) groups excluding carboxylic acids is 3. The second-order valence-corrected chi connectivity index (χ2v) is 6.69. The van der Waals surface area contributed by atoms with E-state index in [1.165, 1.54) is 23.7 Å². The summed E-state index contributed by atoms with van der Waals surface area (Å²) in [5, 5.41) is 2.79. The molecule has 2 aromatic rings. The van der Waals surface area contributed by atoms with E-state index in [0.717, 1.165) is 14.7 Å². The summed E-state index contributed by atoms with van der Waals surface area (Å²) in [5.41, 5.74) is 0.647. The first-order chi connectivity index (χ1) is 12.0. The Labute approximate surface area is 149 Å². The van der Waals surface area contributed by atoms with Crippen LogP contribution in [-0.2, 0) is 9.59 Å². The lowest BCUT2D eigenvalue weighted by Crippen LogP contribution is -2.38. The van der Waals surface area contributed by atoms with Gasteiger partial charge in [0.15, 0.2) is 0 Å². The van der Waals surface area contributed by atoms with Gasteiger partial charge in [-0.05, 0) is 24.3 Å². The fourth-order valence-corrected chi connectivity index (χ4v) is 3.35. The number of amides is 4. The molecule has 1 aliphatic rings. The van der Waals surface area contributed by atoms with E-state index in [1.807, 2.05) is 48.5 Å². The van der Waals surface area contributed by atoms with Gasteiger partial charge in [-0.15, -0.1) is 0 Å². The lowest BCUT2D eigenvalue weighted by atomic mass is 10.3. The van der Waals surface area contributed by atoms with Crippen LogP contribution >= 0.6 is 11.8 Å². The predicted molar refractivity (Wildman–Crippen MR) is 95.4 cm³/mol. The Morgan fingerprint density at radius 1 is 1.08 bits per heavy atom. The van der Waals surface area contributed by atoms with E-state index in [9.17, 15) is 14.4 Å². The molecule has 2 aromatic carbocycles. The van der Waals surface area contributed by atoms with E-state index in [4.69, 9.17) is 0 Å². The zero-order chi connectivity index (χ0) is 17.8. The molecule has 0 spiro atoms. The van der Waals surface area contributed by atoms with Crippen molar-refractivity contribution in [3.8, 4) is 0 Å². The van der Waals surface area contributed by atoms with Crippen molar-refractivity contribution in [2.75, 3.05) is 25.5 Å². The molecule has 128 valence electrons. The van der Waals surface area contributed by atoms with Gasteiger partial charge in [-0.3, -0.25) is 14.5 Å². The fourth-order valence-electron chi connectivity index (χ4n) is 2.43. The van der Waals surface area contributed by atoms with Gasteiger partial charge in [0.05, 0.1) is 5.69 Å². The Morgan fingerprint density at radius 3 is 2.44 bits per heavy atom. The molecule has 0 aliphatic carbocycles. The number of benzene rings is 2. The van der Waals surface area contributed by atoms with Crippen molar-refractivity contribution >= 4 is 35.3 Å². The molecule has 6 nitrogen and oxygen atoms in total. The molecule has 7 heteroatoms. The number of imide groups is 1. The van der Waals surface area contributed by atoms with Crippen molar-refractivity contribution in [3.05, 3.63) is 54.6 Å². The average Bonchev–Trinajstić information content (AvgIpc) is 2.84. The SMILES string of the molecule is CN1CC(=O)N(CC(=O)Nc2ccccc2Sc2ccccc2)C1=O. The number of nitrogens with zero attached hydrogens (tertiary/aromatic N) is 2. The van der Waals surface area contributed by atoms with Crippen LogP contribution in [0.5, 0.6) is 0 Å². The van der Waals surface area contributed by atoms with Crippen LogP contribution in [0.25, 0.3) is 0 Å². The monoisotopic (exact) mass is 355 g/mol. The van der Waals surface area contributed by atoms with E-state index < -0.39 is 11.9 Å². The number of para-hydroxylation sites is 1. The topological polar surface area (TPSA) is 69.7 Å². The number of hydrogen-bond donors (Lipinski definition) is 1. The molecule has 1 aliphatic heterocycles. The van der Waals surface area contributed by atoms with Gasteiger partial charge >= 0.3 is 6.03 Å². The van der Waals surface area contributed by atoms with Gasteiger partial charge < -0.3 is 10.2 Å². The van der Waals surface area contributed by atoms with Crippen LogP contribution in [0.3, 0.4) is 0 Å². The normalized spacial score (nSPS) is 14.1. The number of urea groups is 1. The second kappa shape index (κ2) is 7.40. The van der Waals surface area contributed by atoms with Crippen LogP contribution < -0.4 is 5.32 Å². The summed E-state index contributed by atoms with van der Waals surface area (Å²) in [6.07, 6.45) is 0. The zero-order valence-corrected chi connectivity index (χ0v) is 14.5. The highest BCUT2D eigenvalue weighted by Crippen LogP contribution is 2.33. The van der Waals surface area contributed by atoms with Gasteiger partial charge in [0.1, 0.15) is 13.1 Å². The number of carbonyl (C=O) groups is 3. The molecule has 25 heavy (non-hydrogen) atoms. The Kier molecular flexibility index (Phi) is 5.04. The second-order valence-electron chi connectivity index (χ2n) is 5.58.